The highest BCUT2D eigenvalue weighted by Crippen LogP contribution is 2.22. The first kappa shape index (κ1) is 14.0. The zero-order valence-corrected chi connectivity index (χ0v) is 12.4. The maximum atomic E-state index is 4.35. The van der Waals surface area contributed by atoms with E-state index in [1.807, 2.05) is 11.5 Å². The van der Waals surface area contributed by atoms with Crippen LogP contribution in [0.5, 0.6) is 0 Å². The standard InChI is InChI=1S/C18H20S/c1-14(2)16-10-8-15(9-11-16)12-18(13-19)17-6-4-3-5-7-17/h3-11,13-14,19H,12H2,1-2H3/b18-13-. The molecule has 0 nitrogen and oxygen atoms in total. The zero-order chi connectivity index (χ0) is 13.7. The van der Waals surface area contributed by atoms with Gasteiger partial charge in [-0.1, -0.05) is 68.4 Å². The van der Waals surface area contributed by atoms with Crippen molar-refractivity contribution in [3.05, 3.63) is 76.7 Å². The summed E-state index contributed by atoms with van der Waals surface area (Å²) in [4.78, 5) is 0. The fraction of sp³-hybridized carbons (Fsp3) is 0.222. The van der Waals surface area contributed by atoms with Crippen LogP contribution < -0.4 is 0 Å². The quantitative estimate of drug-likeness (QED) is 0.712. The van der Waals surface area contributed by atoms with Crippen LogP contribution in [-0.4, -0.2) is 0 Å². The molecule has 1 heteroatoms. The Morgan fingerprint density at radius 1 is 1.00 bits per heavy atom. The maximum Gasteiger partial charge on any atom is -0.00148 e. The Labute approximate surface area is 121 Å². The van der Waals surface area contributed by atoms with Gasteiger partial charge in [0.1, 0.15) is 0 Å². The summed E-state index contributed by atoms with van der Waals surface area (Å²) in [5, 5.41) is 1.91. The van der Waals surface area contributed by atoms with Crippen molar-refractivity contribution in [1.82, 2.24) is 0 Å². The second kappa shape index (κ2) is 6.63. The van der Waals surface area contributed by atoms with E-state index >= 15 is 0 Å². The summed E-state index contributed by atoms with van der Waals surface area (Å²) in [5.41, 5.74) is 5.21. The van der Waals surface area contributed by atoms with Crippen LogP contribution in [-0.2, 0) is 6.42 Å². The van der Waals surface area contributed by atoms with Crippen molar-refractivity contribution in [2.45, 2.75) is 26.2 Å². The van der Waals surface area contributed by atoms with E-state index in [0.29, 0.717) is 5.92 Å². The average Bonchev–Trinajstić information content (AvgIpc) is 2.46. The summed E-state index contributed by atoms with van der Waals surface area (Å²) in [6, 6.07) is 19.3. The smallest absolute Gasteiger partial charge is 0.00148 e. The summed E-state index contributed by atoms with van der Waals surface area (Å²) >= 11 is 4.35. The molecule has 0 unspecified atom stereocenters. The Bertz CT molecular complexity index is 536. The third-order valence-electron chi connectivity index (χ3n) is 3.34. The van der Waals surface area contributed by atoms with Crippen LogP contribution >= 0.6 is 12.6 Å². The predicted octanol–water partition coefficient (Wildman–Crippen LogP) is 5.32. The normalized spacial score (nSPS) is 11.9. The molecule has 19 heavy (non-hydrogen) atoms. The van der Waals surface area contributed by atoms with Gasteiger partial charge in [0, 0.05) is 0 Å². The molecule has 0 aromatic heterocycles. The molecular formula is C18H20S. The molecule has 0 radical (unpaired) electrons. The zero-order valence-electron chi connectivity index (χ0n) is 11.5. The van der Waals surface area contributed by atoms with Gasteiger partial charge in [0.25, 0.3) is 0 Å². The van der Waals surface area contributed by atoms with Crippen LogP contribution in [0.1, 0.15) is 36.5 Å². The predicted molar refractivity (Wildman–Crippen MR) is 87.6 cm³/mol. The fourth-order valence-corrected chi connectivity index (χ4v) is 2.36. The molecule has 0 aliphatic rings. The van der Waals surface area contributed by atoms with Gasteiger partial charge in [-0.2, -0.15) is 12.6 Å². The maximum absolute atomic E-state index is 4.35. The molecule has 2 aromatic carbocycles. The molecule has 2 rings (SSSR count). The highest BCUT2D eigenvalue weighted by molar-refractivity contribution is 7.83. The van der Waals surface area contributed by atoms with Gasteiger partial charge in [-0.15, -0.1) is 0 Å². The molecule has 0 amide bonds. The highest BCUT2D eigenvalue weighted by atomic mass is 32.1. The van der Waals surface area contributed by atoms with Crippen molar-refractivity contribution < 1.29 is 0 Å². The second-order valence-electron chi connectivity index (χ2n) is 5.09. The molecule has 0 saturated carbocycles. The average molecular weight is 268 g/mol. The van der Waals surface area contributed by atoms with Crippen LogP contribution in [0.25, 0.3) is 5.57 Å². The fourth-order valence-electron chi connectivity index (χ4n) is 2.11. The van der Waals surface area contributed by atoms with Crippen molar-refractivity contribution in [2.24, 2.45) is 0 Å². The van der Waals surface area contributed by atoms with Crippen molar-refractivity contribution in [2.75, 3.05) is 0 Å². The Kier molecular flexibility index (Phi) is 4.86. The van der Waals surface area contributed by atoms with Gasteiger partial charge >= 0.3 is 0 Å². The van der Waals surface area contributed by atoms with E-state index in [1.54, 1.807) is 0 Å². The molecule has 0 atom stereocenters. The van der Waals surface area contributed by atoms with Crippen LogP contribution in [0.4, 0.5) is 0 Å². The lowest BCUT2D eigenvalue weighted by Gasteiger charge is -2.09. The number of rotatable bonds is 4. The van der Waals surface area contributed by atoms with E-state index in [-0.39, 0.29) is 0 Å². The van der Waals surface area contributed by atoms with Gasteiger partial charge in [0.05, 0.1) is 0 Å². The number of hydrogen-bond donors (Lipinski definition) is 1. The van der Waals surface area contributed by atoms with Gasteiger partial charge in [-0.3, -0.25) is 0 Å². The van der Waals surface area contributed by atoms with Gasteiger partial charge in [-0.25, -0.2) is 0 Å². The van der Waals surface area contributed by atoms with Gasteiger partial charge in [0.2, 0.25) is 0 Å². The van der Waals surface area contributed by atoms with Gasteiger partial charge in [0.15, 0.2) is 0 Å². The third kappa shape index (κ3) is 3.74. The summed E-state index contributed by atoms with van der Waals surface area (Å²) in [7, 11) is 0. The summed E-state index contributed by atoms with van der Waals surface area (Å²) in [6.45, 7) is 4.44. The molecule has 2 aromatic rings. The summed E-state index contributed by atoms with van der Waals surface area (Å²) in [6.07, 6.45) is 0.923. The topological polar surface area (TPSA) is 0 Å². The molecule has 98 valence electrons. The highest BCUT2D eigenvalue weighted by Gasteiger charge is 2.03. The molecule has 0 spiro atoms. The van der Waals surface area contributed by atoms with Crippen molar-refractivity contribution in [1.29, 1.82) is 0 Å². The lowest BCUT2D eigenvalue weighted by atomic mass is 9.96. The van der Waals surface area contributed by atoms with Crippen molar-refractivity contribution in [3.8, 4) is 0 Å². The molecule has 0 aliphatic heterocycles. The van der Waals surface area contributed by atoms with Crippen LogP contribution in [0.2, 0.25) is 0 Å². The van der Waals surface area contributed by atoms with E-state index < -0.39 is 0 Å². The molecule has 0 N–H and O–H groups in total. The van der Waals surface area contributed by atoms with Gasteiger partial charge < -0.3 is 0 Å². The van der Waals surface area contributed by atoms with E-state index in [0.717, 1.165) is 6.42 Å². The Morgan fingerprint density at radius 3 is 2.16 bits per heavy atom. The minimum absolute atomic E-state index is 0.586. The number of hydrogen-bond acceptors (Lipinski definition) is 1. The molecule has 0 heterocycles. The second-order valence-corrected chi connectivity index (χ2v) is 5.35. The molecule has 0 saturated heterocycles. The van der Waals surface area contributed by atoms with E-state index in [1.165, 1.54) is 22.3 Å². The largest absolute Gasteiger partial charge is 0.151 e. The number of benzene rings is 2. The lowest BCUT2D eigenvalue weighted by molar-refractivity contribution is 0.865. The molecule has 0 bridgehead atoms. The van der Waals surface area contributed by atoms with E-state index in [9.17, 15) is 0 Å². The Morgan fingerprint density at radius 2 is 1.63 bits per heavy atom. The summed E-state index contributed by atoms with van der Waals surface area (Å²) < 4.78 is 0. The summed E-state index contributed by atoms with van der Waals surface area (Å²) in [5.74, 6) is 0.586. The number of thiol groups is 1. The molecular weight excluding hydrogens is 248 g/mol. The van der Waals surface area contributed by atoms with Crippen molar-refractivity contribution in [3.63, 3.8) is 0 Å². The first-order valence-corrected chi connectivity index (χ1v) is 7.20. The Hall–Kier alpha value is -1.47. The van der Waals surface area contributed by atoms with Crippen LogP contribution in [0, 0.1) is 0 Å². The molecule has 0 fully saturated rings. The van der Waals surface area contributed by atoms with Crippen molar-refractivity contribution >= 4 is 18.2 Å². The monoisotopic (exact) mass is 268 g/mol. The van der Waals surface area contributed by atoms with Gasteiger partial charge in [-0.05, 0) is 40.0 Å². The van der Waals surface area contributed by atoms with E-state index in [4.69, 9.17) is 0 Å². The first-order valence-electron chi connectivity index (χ1n) is 6.68. The minimum atomic E-state index is 0.586. The molecule has 0 aliphatic carbocycles. The van der Waals surface area contributed by atoms with E-state index in [2.05, 4.69) is 75.0 Å². The Balaban J connectivity index is 2.16. The first-order chi connectivity index (χ1) is 9.20. The van der Waals surface area contributed by atoms with Crippen LogP contribution in [0.15, 0.2) is 60.0 Å². The number of allylic oxidation sites excluding steroid dienone is 1. The SMILES string of the molecule is CC(C)c1ccc(C/C(=C/S)c2ccccc2)cc1. The van der Waals surface area contributed by atoms with Crippen LogP contribution in [0.3, 0.4) is 0 Å². The lowest BCUT2D eigenvalue weighted by Crippen LogP contribution is -1.92. The third-order valence-corrected chi connectivity index (χ3v) is 3.65. The minimum Gasteiger partial charge on any atom is -0.151 e.